The van der Waals surface area contributed by atoms with Gasteiger partial charge < -0.3 is 10.6 Å². The second-order valence-corrected chi connectivity index (χ2v) is 5.17. The van der Waals surface area contributed by atoms with Crippen LogP contribution < -0.4 is 16.0 Å². The van der Waals surface area contributed by atoms with Crippen LogP contribution in [0.2, 0.25) is 10.0 Å². The number of hydrogen-bond donors (Lipinski definition) is 3. The Hall–Kier alpha value is -2.24. The lowest BCUT2D eigenvalue weighted by atomic mass is 10.3. The molecular formula is C15H13Cl2N3O2. The van der Waals surface area contributed by atoms with Crippen LogP contribution in [0.4, 0.5) is 16.2 Å². The molecular weight excluding hydrogens is 325 g/mol. The maximum Gasteiger partial charge on any atom is 0.325 e. The van der Waals surface area contributed by atoms with E-state index in [9.17, 15) is 9.59 Å². The van der Waals surface area contributed by atoms with E-state index in [1.54, 1.807) is 42.5 Å². The Labute approximate surface area is 137 Å². The molecule has 0 aliphatic carbocycles. The highest BCUT2D eigenvalue weighted by Gasteiger charge is 2.08. The van der Waals surface area contributed by atoms with Crippen LogP contribution in [-0.2, 0) is 4.79 Å². The quantitative estimate of drug-likeness (QED) is 0.795. The molecule has 0 saturated heterocycles. The number of rotatable bonds is 4. The fraction of sp³-hybridized carbons (Fsp3) is 0.0667. The van der Waals surface area contributed by atoms with Gasteiger partial charge >= 0.3 is 6.03 Å². The van der Waals surface area contributed by atoms with Gasteiger partial charge in [0.05, 0.1) is 16.6 Å². The third-order valence-corrected chi connectivity index (χ3v) is 3.40. The van der Waals surface area contributed by atoms with Crippen LogP contribution in [0.5, 0.6) is 0 Å². The lowest BCUT2D eigenvalue weighted by molar-refractivity contribution is -0.118. The number of urea groups is 1. The van der Waals surface area contributed by atoms with Crippen LogP contribution >= 0.6 is 23.2 Å². The van der Waals surface area contributed by atoms with E-state index in [4.69, 9.17) is 23.2 Å². The summed E-state index contributed by atoms with van der Waals surface area (Å²) >= 11 is 11.7. The van der Waals surface area contributed by atoms with Crippen LogP contribution in [0.15, 0.2) is 48.5 Å². The van der Waals surface area contributed by atoms with Gasteiger partial charge in [0.1, 0.15) is 0 Å². The average Bonchev–Trinajstić information content (AvgIpc) is 2.49. The first-order valence-electron chi connectivity index (χ1n) is 6.39. The molecule has 0 saturated carbocycles. The maximum absolute atomic E-state index is 11.7. The summed E-state index contributed by atoms with van der Waals surface area (Å²) in [6.07, 6.45) is 0. The predicted molar refractivity (Wildman–Crippen MR) is 88.6 cm³/mol. The Morgan fingerprint density at radius 1 is 0.909 bits per heavy atom. The second kappa shape index (κ2) is 7.68. The van der Waals surface area contributed by atoms with Crippen molar-refractivity contribution in [1.29, 1.82) is 0 Å². The number of hydrogen-bond acceptors (Lipinski definition) is 3. The minimum Gasteiger partial charge on any atom is -0.376 e. The van der Waals surface area contributed by atoms with Crippen LogP contribution in [0, 0.1) is 0 Å². The summed E-state index contributed by atoms with van der Waals surface area (Å²) in [6.45, 7) is -0.0693. The fourth-order valence-corrected chi connectivity index (χ4v) is 1.94. The molecule has 3 N–H and O–H groups in total. The van der Waals surface area contributed by atoms with Crippen molar-refractivity contribution in [2.75, 3.05) is 17.2 Å². The fourth-order valence-electron chi connectivity index (χ4n) is 1.64. The minimum absolute atomic E-state index is 0.0693. The Balaban J connectivity index is 1.80. The predicted octanol–water partition coefficient (Wildman–Crippen LogP) is 3.75. The summed E-state index contributed by atoms with van der Waals surface area (Å²) < 4.78 is 0. The monoisotopic (exact) mass is 337 g/mol. The van der Waals surface area contributed by atoms with Crippen molar-refractivity contribution in [1.82, 2.24) is 5.32 Å². The summed E-state index contributed by atoms with van der Waals surface area (Å²) in [5.74, 6) is -0.473. The van der Waals surface area contributed by atoms with E-state index in [1.807, 2.05) is 6.07 Å². The first-order chi connectivity index (χ1) is 10.5. The number of carbonyl (C=O) groups excluding carboxylic acids is 2. The van der Waals surface area contributed by atoms with Crippen molar-refractivity contribution >= 4 is 46.5 Å². The Morgan fingerprint density at radius 3 is 2.32 bits per heavy atom. The summed E-state index contributed by atoms with van der Waals surface area (Å²) in [6, 6.07) is 13.1. The van der Waals surface area contributed by atoms with Gasteiger partial charge in [0.15, 0.2) is 0 Å². The molecule has 2 aromatic carbocycles. The first-order valence-corrected chi connectivity index (χ1v) is 7.15. The number of carbonyl (C=O) groups is 2. The van der Waals surface area contributed by atoms with E-state index in [0.29, 0.717) is 21.4 Å². The van der Waals surface area contributed by atoms with Crippen molar-refractivity contribution in [3.63, 3.8) is 0 Å². The largest absolute Gasteiger partial charge is 0.376 e. The molecule has 0 atom stereocenters. The second-order valence-electron chi connectivity index (χ2n) is 4.35. The molecule has 0 radical (unpaired) electrons. The lowest BCUT2D eigenvalue weighted by Crippen LogP contribution is -2.37. The van der Waals surface area contributed by atoms with E-state index < -0.39 is 11.9 Å². The molecule has 0 bridgehead atoms. The topological polar surface area (TPSA) is 70.2 Å². The number of halogens is 2. The zero-order valence-electron chi connectivity index (χ0n) is 11.4. The van der Waals surface area contributed by atoms with E-state index >= 15 is 0 Å². The SMILES string of the molecule is O=C(CNc1ccc(Cl)c(Cl)c1)NC(=O)Nc1ccccc1. The van der Waals surface area contributed by atoms with E-state index in [2.05, 4.69) is 16.0 Å². The first kappa shape index (κ1) is 16.1. The van der Waals surface area contributed by atoms with Gasteiger partial charge in [-0.05, 0) is 30.3 Å². The van der Waals surface area contributed by atoms with Gasteiger partial charge in [0.2, 0.25) is 5.91 Å². The third-order valence-electron chi connectivity index (χ3n) is 2.66. The third kappa shape index (κ3) is 4.95. The van der Waals surface area contributed by atoms with Gasteiger partial charge in [-0.15, -0.1) is 0 Å². The number of nitrogens with one attached hydrogen (secondary N) is 3. The van der Waals surface area contributed by atoms with Crippen molar-refractivity contribution < 1.29 is 9.59 Å². The molecule has 2 aromatic rings. The standard InChI is InChI=1S/C15H13Cl2N3O2/c16-12-7-6-11(8-13(12)17)18-9-14(21)20-15(22)19-10-4-2-1-3-5-10/h1-8,18H,9H2,(H2,19,20,21,22). The molecule has 3 amide bonds. The molecule has 7 heteroatoms. The zero-order chi connectivity index (χ0) is 15.9. The van der Waals surface area contributed by atoms with Crippen LogP contribution in [0.25, 0.3) is 0 Å². The van der Waals surface area contributed by atoms with E-state index in [1.165, 1.54) is 0 Å². The molecule has 2 rings (SSSR count). The van der Waals surface area contributed by atoms with Crippen LogP contribution in [0.1, 0.15) is 0 Å². The molecule has 0 spiro atoms. The van der Waals surface area contributed by atoms with Crippen LogP contribution in [-0.4, -0.2) is 18.5 Å². The summed E-state index contributed by atoms with van der Waals surface area (Å²) in [5.41, 5.74) is 1.23. The normalized spacial score (nSPS) is 9.91. The van der Waals surface area contributed by atoms with Gasteiger partial charge in [-0.25, -0.2) is 4.79 Å². The van der Waals surface area contributed by atoms with Gasteiger partial charge in [-0.2, -0.15) is 0 Å². The van der Waals surface area contributed by atoms with Gasteiger partial charge in [0.25, 0.3) is 0 Å². The highest BCUT2D eigenvalue weighted by atomic mass is 35.5. The number of benzene rings is 2. The van der Waals surface area contributed by atoms with E-state index in [0.717, 1.165) is 0 Å². The highest BCUT2D eigenvalue weighted by Crippen LogP contribution is 2.24. The highest BCUT2D eigenvalue weighted by molar-refractivity contribution is 6.42. The van der Waals surface area contributed by atoms with Gasteiger partial charge in [0, 0.05) is 11.4 Å². The summed E-state index contributed by atoms with van der Waals surface area (Å²) in [5, 5.41) is 8.42. The molecule has 0 unspecified atom stereocenters. The van der Waals surface area contributed by atoms with Crippen LogP contribution in [0.3, 0.4) is 0 Å². The van der Waals surface area contributed by atoms with Crippen molar-refractivity contribution in [3.05, 3.63) is 58.6 Å². The number of para-hydroxylation sites is 1. The lowest BCUT2D eigenvalue weighted by Gasteiger charge is -2.09. The Bertz CT molecular complexity index is 678. The molecule has 0 fully saturated rings. The summed E-state index contributed by atoms with van der Waals surface area (Å²) in [4.78, 5) is 23.3. The van der Waals surface area contributed by atoms with Crippen molar-refractivity contribution in [3.8, 4) is 0 Å². The molecule has 22 heavy (non-hydrogen) atoms. The van der Waals surface area contributed by atoms with Gasteiger partial charge in [-0.3, -0.25) is 10.1 Å². The number of amides is 3. The minimum atomic E-state index is -0.591. The van der Waals surface area contributed by atoms with Gasteiger partial charge in [-0.1, -0.05) is 41.4 Å². The van der Waals surface area contributed by atoms with E-state index in [-0.39, 0.29) is 6.54 Å². The molecule has 0 aliphatic rings. The summed E-state index contributed by atoms with van der Waals surface area (Å²) in [7, 11) is 0. The number of imide groups is 1. The average molecular weight is 338 g/mol. The smallest absolute Gasteiger partial charge is 0.325 e. The molecule has 0 aromatic heterocycles. The molecule has 0 heterocycles. The van der Waals surface area contributed by atoms with Crippen molar-refractivity contribution in [2.45, 2.75) is 0 Å². The zero-order valence-corrected chi connectivity index (χ0v) is 12.9. The molecule has 5 nitrogen and oxygen atoms in total. The Kier molecular flexibility index (Phi) is 5.63. The molecule has 0 aliphatic heterocycles. The Morgan fingerprint density at radius 2 is 1.64 bits per heavy atom. The maximum atomic E-state index is 11.7. The van der Waals surface area contributed by atoms with Crippen molar-refractivity contribution in [2.24, 2.45) is 0 Å². The molecule has 114 valence electrons. The number of anilines is 2.